The number of hydrogen-bond donors (Lipinski definition) is 2. The Morgan fingerprint density at radius 3 is 2.76 bits per heavy atom. The van der Waals surface area contributed by atoms with Crippen molar-refractivity contribution < 1.29 is 4.39 Å². The van der Waals surface area contributed by atoms with Gasteiger partial charge >= 0.3 is 0 Å². The minimum atomic E-state index is -0.456. The Balaban J connectivity index is 1.79. The van der Waals surface area contributed by atoms with Crippen molar-refractivity contribution in [3.8, 4) is 0 Å². The number of benzene rings is 1. The van der Waals surface area contributed by atoms with Crippen molar-refractivity contribution in [1.82, 2.24) is 0 Å². The first-order valence-corrected chi connectivity index (χ1v) is 6.52. The zero-order valence-electron chi connectivity index (χ0n) is 9.55. The molecule has 2 nitrogen and oxygen atoms in total. The molecule has 2 saturated carbocycles. The predicted molar refractivity (Wildman–Crippen MR) is 68.7 cm³/mol. The molecule has 0 spiro atoms. The Bertz CT molecular complexity index is 449. The molecule has 1 aromatic rings. The van der Waals surface area contributed by atoms with E-state index in [4.69, 9.17) is 17.3 Å². The van der Waals surface area contributed by atoms with E-state index in [1.54, 1.807) is 6.07 Å². The molecule has 3 unspecified atom stereocenters. The van der Waals surface area contributed by atoms with Gasteiger partial charge in [0.2, 0.25) is 0 Å². The van der Waals surface area contributed by atoms with Crippen LogP contribution in [0.2, 0.25) is 5.02 Å². The van der Waals surface area contributed by atoms with Crippen molar-refractivity contribution in [2.75, 3.05) is 11.1 Å². The van der Waals surface area contributed by atoms with E-state index in [-0.39, 0.29) is 5.02 Å². The van der Waals surface area contributed by atoms with Gasteiger partial charge in [0.1, 0.15) is 5.82 Å². The van der Waals surface area contributed by atoms with E-state index >= 15 is 0 Å². The molecule has 0 saturated heterocycles. The van der Waals surface area contributed by atoms with Gasteiger partial charge in [-0.05, 0) is 37.2 Å². The molecule has 0 aliphatic heterocycles. The molecule has 3 N–H and O–H groups in total. The van der Waals surface area contributed by atoms with Gasteiger partial charge in [-0.25, -0.2) is 4.39 Å². The highest BCUT2D eigenvalue weighted by Crippen LogP contribution is 2.46. The first kappa shape index (κ1) is 11.1. The molecule has 0 amide bonds. The van der Waals surface area contributed by atoms with Crippen LogP contribution in [0.3, 0.4) is 0 Å². The van der Waals surface area contributed by atoms with Gasteiger partial charge in [-0.1, -0.05) is 18.0 Å². The molecule has 2 aliphatic rings. The maximum absolute atomic E-state index is 13.2. The summed E-state index contributed by atoms with van der Waals surface area (Å²) in [6.45, 7) is 0. The van der Waals surface area contributed by atoms with Crippen LogP contribution in [0, 0.1) is 17.7 Å². The summed E-state index contributed by atoms with van der Waals surface area (Å²) in [6.07, 6.45) is 5.20. The smallest absolute Gasteiger partial charge is 0.143 e. The molecule has 0 heterocycles. The lowest BCUT2D eigenvalue weighted by Crippen LogP contribution is -2.26. The fourth-order valence-electron chi connectivity index (χ4n) is 3.31. The maximum atomic E-state index is 13.2. The second-order valence-electron chi connectivity index (χ2n) is 5.28. The molecule has 3 rings (SSSR count). The van der Waals surface area contributed by atoms with E-state index in [0.717, 1.165) is 17.5 Å². The van der Waals surface area contributed by atoms with Crippen LogP contribution in [-0.4, -0.2) is 6.04 Å². The number of fused-ring (bicyclic) bond motifs is 2. The highest BCUT2D eigenvalue weighted by atomic mass is 35.5. The number of halogens is 2. The summed E-state index contributed by atoms with van der Waals surface area (Å²) in [5.41, 5.74) is 7.02. The molecular weight excluding hydrogens is 239 g/mol. The fourth-order valence-corrected chi connectivity index (χ4v) is 3.47. The second-order valence-corrected chi connectivity index (χ2v) is 5.69. The van der Waals surface area contributed by atoms with Crippen LogP contribution in [0.5, 0.6) is 0 Å². The molecule has 0 radical (unpaired) electrons. The average Bonchev–Trinajstić information content (AvgIpc) is 2.87. The second kappa shape index (κ2) is 4.05. The Hall–Kier alpha value is -0.960. The first-order chi connectivity index (χ1) is 8.13. The van der Waals surface area contributed by atoms with E-state index in [1.165, 1.54) is 31.7 Å². The maximum Gasteiger partial charge on any atom is 0.143 e. The summed E-state index contributed by atoms with van der Waals surface area (Å²) < 4.78 is 13.2. The summed E-state index contributed by atoms with van der Waals surface area (Å²) in [6, 6.07) is 3.37. The zero-order chi connectivity index (χ0) is 12.0. The van der Waals surface area contributed by atoms with Crippen molar-refractivity contribution in [3.05, 3.63) is 23.0 Å². The van der Waals surface area contributed by atoms with Gasteiger partial charge in [0.15, 0.2) is 0 Å². The van der Waals surface area contributed by atoms with Crippen molar-refractivity contribution >= 4 is 23.0 Å². The topological polar surface area (TPSA) is 38.0 Å². The van der Waals surface area contributed by atoms with E-state index < -0.39 is 5.82 Å². The number of nitrogen functional groups attached to an aromatic ring is 1. The highest BCUT2D eigenvalue weighted by Gasteiger charge is 2.39. The molecule has 0 aromatic heterocycles. The standard InChI is InChI=1S/C13H16ClFN2/c14-9-5-13(11(16)6-10(9)15)17-12-4-7-1-2-8(12)3-7/h5-8,12,17H,1-4,16H2. The van der Waals surface area contributed by atoms with E-state index in [0.29, 0.717) is 11.7 Å². The average molecular weight is 255 g/mol. The lowest BCUT2D eigenvalue weighted by atomic mass is 9.95. The summed E-state index contributed by atoms with van der Waals surface area (Å²) >= 11 is 5.78. The molecule has 1 aromatic carbocycles. The van der Waals surface area contributed by atoms with Gasteiger partial charge < -0.3 is 11.1 Å². The summed E-state index contributed by atoms with van der Waals surface area (Å²) in [4.78, 5) is 0. The minimum absolute atomic E-state index is 0.129. The van der Waals surface area contributed by atoms with Gasteiger partial charge in [-0.2, -0.15) is 0 Å². The van der Waals surface area contributed by atoms with Crippen molar-refractivity contribution in [1.29, 1.82) is 0 Å². The van der Waals surface area contributed by atoms with Crippen LogP contribution in [0.15, 0.2) is 12.1 Å². The Morgan fingerprint density at radius 1 is 1.29 bits per heavy atom. The van der Waals surface area contributed by atoms with E-state index in [2.05, 4.69) is 5.32 Å². The van der Waals surface area contributed by atoms with Gasteiger partial charge in [-0.15, -0.1) is 0 Å². The third kappa shape index (κ3) is 1.97. The third-order valence-electron chi connectivity index (χ3n) is 4.17. The van der Waals surface area contributed by atoms with Gasteiger partial charge in [-0.3, -0.25) is 0 Å². The third-order valence-corrected chi connectivity index (χ3v) is 4.46. The summed E-state index contributed by atoms with van der Waals surface area (Å²) in [5, 5.41) is 3.56. The lowest BCUT2D eigenvalue weighted by molar-refractivity contribution is 0.440. The van der Waals surface area contributed by atoms with Crippen LogP contribution in [0.25, 0.3) is 0 Å². The quantitative estimate of drug-likeness (QED) is 0.791. The van der Waals surface area contributed by atoms with E-state index in [9.17, 15) is 4.39 Å². The first-order valence-electron chi connectivity index (χ1n) is 6.14. The largest absolute Gasteiger partial charge is 0.397 e. The van der Waals surface area contributed by atoms with Crippen LogP contribution in [-0.2, 0) is 0 Å². The predicted octanol–water partition coefficient (Wildman–Crippen LogP) is 3.66. The van der Waals surface area contributed by atoms with Crippen molar-refractivity contribution in [2.45, 2.75) is 31.7 Å². The summed E-state index contributed by atoms with van der Waals surface area (Å²) in [5.74, 6) is 1.17. The Morgan fingerprint density at radius 2 is 2.12 bits per heavy atom. The number of hydrogen-bond acceptors (Lipinski definition) is 2. The fraction of sp³-hybridized carbons (Fsp3) is 0.538. The van der Waals surface area contributed by atoms with Gasteiger partial charge in [0.25, 0.3) is 0 Å². The molecule has 4 heteroatoms. The Labute approximate surface area is 105 Å². The summed E-state index contributed by atoms with van der Waals surface area (Å²) in [7, 11) is 0. The molecule has 2 aliphatic carbocycles. The molecular formula is C13H16ClFN2. The highest BCUT2D eigenvalue weighted by molar-refractivity contribution is 6.31. The van der Waals surface area contributed by atoms with Gasteiger partial charge in [0.05, 0.1) is 16.4 Å². The van der Waals surface area contributed by atoms with Crippen LogP contribution >= 0.6 is 11.6 Å². The van der Waals surface area contributed by atoms with Crippen LogP contribution in [0.4, 0.5) is 15.8 Å². The lowest BCUT2D eigenvalue weighted by Gasteiger charge is -2.24. The Kier molecular flexibility index (Phi) is 2.66. The van der Waals surface area contributed by atoms with Crippen molar-refractivity contribution in [3.63, 3.8) is 0 Å². The molecule has 17 heavy (non-hydrogen) atoms. The number of nitrogens with two attached hydrogens (primary N) is 1. The number of nitrogens with one attached hydrogen (secondary N) is 1. The van der Waals surface area contributed by atoms with Crippen LogP contribution < -0.4 is 11.1 Å². The monoisotopic (exact) mass is 254 g/mol. The number of rotatable bonds is 2. The molecule has 3 atom stereocenters. The normalized spacial score (nSPS) is 30.8. The molecule has 92 valence electrons. The molecule has 2 bridgehead atoms. The number of anilines is 2. The zero-order valence-corrected chi connectivity index (χ0v) is 10.3. The van der Waals surface area contributed by atoms with Gasteiger partial charge in [0, 0.05) is 12.1 Å². The minimum Gasteiger partial charge on any atom is -0.397 e. The SMILES string of the molecule is Nc1cc(F)c(Cl)cc1NC1CC2CCC1C2. The van der Waals surface area contributed by atoms with E-state index in [1.807, 2.05) is 0 Å². The van der Waals surface area contributed by atoms with Crippen molar-refractivity contribution in [2.24, 2.45) is 11.8 Å². The molecule has 2 fully saturated rings. The van der Waals surface area contributed by atoms with Crippen LogP contribution in [0.1, 0.15) is 25.7 Å².